The highest BCUT2D eigenvalue weighted by Crippen LogP contribution is 2.27. The lowest BCUT2D eigenvalue weighted by Crippen LogP contribution is -2.33. The van der Waals surface area contributed by atoms with Crippen molar-refractivity contribution in [2.45, 2.75) is 52.4 Å². The minimum absolute atomic E-state index is 0.0696. The van der Waals surface area contributed by atoms with Crippen molar-refractivity contribution in [1.82, 2.24) is 20.1 Å². The zero-order chi connectivity index (χ0) is 26.4. The molecule has 0 saturated carbocycles. The fraction of sp³-hybridized carbons (Fsp3) is 0.333. The molecule has 1 atom stereocenters. The van der Waals surface area contributed by atoms with E-state index in [-0.39, 0.29) is 29.5 Å². The summed E-state index contributed by atoms with van der Waals surface area (Å²) in [6.07, 6.45) is 1.76. The summed E-state index contributed by atoms with van der Waals surface area (Å²) in [7, 11) is 0. The van der Waals surface area contributed by atoms with Gasteiger partial charge in [-0.25, -0.2) is 0 Å². The average Bonchev–Trinajstić information content (AvgIpc) is 3.21. The van der Waals surface area contributed by atoms with Gasteiger partial charge in [0.1, 0.15) is 0 Å². The number of hydrogen-bond donors (Lipinski definition) is 2. The number of anilines is 1. The van der Waals surface area contributed by atoms with E-state index in [1.54, 1.807) is 6.08 Å². The maximum atomic E-state index is 12.9. The number of thioether (sulfide) groups is 1. The molecule has 0 aliphatic heterocycles. The van der Waals surface area contributed by atoms with E-state index in [0.717, 1.165) is 25.9 Å². The van der Waals surface area contributed by atoms with Crippen molar-refractivity contribution in [2.75, 3.05) is 11.1 Å². The van der Waals surface area contributed by atoms with Gasteiger partial charge in [-0.15, -0.1) is 16.8 Å². The molecule has 0 radical (unpaired) electrons. The number of carbonyl (C=O) groups excluding carboxylic acids is 2. The maximum absolute atomic E-state index is 12.9. The number of nitrogens with zero attached hydrogens (tertiary/aromatic N) is 3. The second-order valence-electron chi connectivity index (χ2n) is 9.05. The number of aryl methyl sites for hydroxylation is 3. The van der Waals surface area contributed by atoms with E-state index in [4.69, 9.17) is 0 Å². The lowest BCUT2D eigenvalue weighted by molar-refractivity contribution is -0.113. The number of aromatic nitrogens is 3. The lowest BCUT2D eigenvalue weighted by atomic mass is 10.0. The molecule has 1 heterocycles. The molecule has 0 aliphatic carbocycles. The molecule has 3 rings (SSSR count). The van der Waals surface area contributed by atoms with Crippen LogP contribution in [0.5, 0.6) is 0 Å². The number of allylic oxidation sites excluding steroid dienone is 1. The van der Waals surface area contributed by atoms with Crippen LogP contribution in [0, 0.1) is 30.3 Å². The summed E-state index contributed by atoms with van der Waals surface area (Å²) < 4.78 is 3.04. The molecule has 0 bridgehead atoms. The predicted octanol–water partition coefficient (Wildman–Crippen LogP) is 5.85. The van der Waals surface area contributed by atoms with Gasteiger partial charge in [0.2, 0.25) is 5.91 Å². The Bertz CT molecular complexity index is 1230. The Morgan fingerprint density at radius 1 is 1.11 bits per heavy atom. The van der Waals surface area contributed by atoms with Gasteiger partial charge in [-0.05, 0) is 84.7 Å². The number of nitrogens with one attached hydrogen (secondary N) is 2. The molecule has 2 aromatic carbocycles. The van der Waals surface area contributed by atoms with Crippen LogP contribution in [-0.4, -0.2) is 32.3 Å². The van der Waals surface area contributed by atoms with Gasteiger partial charge >= 0.3 is 0 Å². The van der Waals surface area contributed by atoms with Crippen molar-refractivity contribution in [1.29, 1.82) is 0 Å². The van der Waals surface area contributed by atoms with E-state index >= 15 is 0 Å². The van der Waals surface area contributed by atoms with Crippen LogP contribution in [0.25, 0.3) is 0 Å². The largest absolute Gasteiger partial charge is 0.342 e. The van der Waals surface area contributed by atoms with Crippen molar-refractivity contribution in [3.63, 3.8) is 0 Å². The normalized spacial score (nSPS) is 11.9. The molecule has 0 spiro atoms. The molecule has 36 heavy (non-hydrogen) atoms. The topological polar surface area (TPSA) is 88.9 Å². The number of carbonyl (C=O) groups is 2. The van der Waals surface area contributed by atoms with Gasteiger partial charge in [0.05, 0.1) is 11.8 Å². The van der Waals surface area contributed by atoms with Crippen LogP contribution in [0.2, 0.25) is 0 Å². The molecule has 0 fully saturated rings. The molecule has 0 unspecified atom stereocenters. The van der Waals surface area contributed by atoms with E-state index < -0.39 is 0 Å². The average molecular weight is 618 g/mol. The number of halogens is 1. The third-order valence-corrected chi connectivity index (χ3v) is 7.29. The monoisotopic (exact) mass is 617 g/mol. The van der Waals surface area contributed by atoms with Gasteiger partial charge in [0.25, 0.3) is 5.91 Å². The fourth-order valence-corrected chi connectivity index (χ4v) is 5.50. The molecule has 9 heteroatoms. The van der Waals surface area contributed by atoms with Gasteiger partial charge in [-0.3, -0.25) is 9.59 Å². The van der Waals surface area contributed by atoms with Crippen LogP contribution in [0.3, 0.4) is 0 Å². The van der Waals surface area contributed by atoms with Crippen molar-refractivity contribution < 1.29 is 9.59 Å². The lowest BCUT2D eigenvalue weighted by Gasteiger charge is -2.22. The molecule has 7 nitrogen and oxygen atoms in total. The summed E-state index contributed by atoms with van der Waals surface area (Å²) in [6.45, 7) is 14.3. The molecule has 1 aromatic heterocycles. The van der Waals surface area contributed by atoms with Crippen LogP contribution in [-0.2, 0) is 11.3 Å². The number of amides is 2. The van der Waals surface area contributed by atoms with Gasteiger partial charge < -0.3 is 15.2 Å². The third kappa shape index (κ3) is 6.97. The first-order chi connectivity index (χ1) is 17.1. The van der Waals surface area contributed by atoms with Crippen LogP contribution in [0.4, 0.5) is 5.69 Å². The van der Waals surface area contributed by atoms with E-state index in [1.807, 2.05) is 75.6 Å². The summed E-state index contributed by atoms with van der Waals surface area (Å²) >= 11 is 3.58. The molecule has 2 N–H and O–H groups in total. The zero-order valence-electron chi connectivity index (χ0n) is 21.3. The van der Waals surface area contributed by atoms with Crippen molar-refractivity contribution in [2.24, 2.45) is 5.92 Å². The minimum Gasteiger partial charge on any atom is -0.342 e. The zero-order valence-corrected chi connectivity index (χ0v) is 24.2. The van der Waals surface area contributed by atoms with E-state index in [1.165, 1.54) is 11.8 Å². The Labute approximate surface area is 230 Å². The molecule has 190 valence electrons. The van der Waals surface area contributed by atoms with Crippen molar-refractivity contribution in [3.8, 4) is 0 Å². The van der Waals surface area contributed by atoms with E-state index in [9.17, 15) is 9.59 Å². The van der Waals surface area contributed by atoms with Gasteiger partial charge in [-0.2, -0.15) is 0 Å². The maximum Gasteiger partial charge on any atom is 0.251 e. The standard InChI is InChI=1S/C27H32IN5O2S/c1-7-12-33-25(23(16(2)3)30-26(35)20-10-8-17(4)9-11-20)31-32-27(33)36-15-22(34)29-24-18(5)13-21(28)14-19(24)6/h7-11,13-14,16,23H,1,12,15H2,2-6H3,(H,29,34)(H,30,35)/t23-/m1/s1. The van der Waals surface area contributed by atoms with E-state index in [2.05, 4.69) is 50.0 Å². The number of hydrogen-bond acceptors (Lipinski definition) is 5. The number of benzene rings is 2. The summed E-state index contributed by atoms with van der Waals surface area (Å²) in [4.78, 5) is 25.7. The predicted molar refractivity (Wildman–Crippen MR) is 154 cm³/mol. The Hall–Kier alpha value is -2.66. The van der Waals surface area contributed by atoms with Crippen molar-refractivity contribution >= 4 is 51.9 Å². The van der Waals surface area contributed by atoms with Gasteiger partial charge in [-0.1, -0.05) is 49.4 Å². The summed E-state index contributed by atoms with van der Waals surface area (Å²) in [5.74, 6) is 0.606. The third-order valence-electron chi connectivity index (χ3n) is 5.70. The summed E-state index contributed by atoms with van der Waals surface area (Å²) in [5.41, 5.74) is 4.58. The van der Waals surface area contributed by atoms with Crippen LogP contribution < -0.4 is 10.6 Å². The minimum atomic E-state index is -0.355. The second kappa shape index (κ2) is 12.5. The van der Waals surface area contributed by atoms with E-state index in [0.29, 0.717) is 23.1 Å². The Morgan fingerprint density at radius 3 is 2.33 bits per heavy atom. The van der Waals surface area contributed by atoms with Gasteiger partial charge in [0.15, 0.2) is 11.0 Å². The van der Waals surface area contributed by atoms with Crippen LogP contribution >= 0.6 is 34.4 Å². The fourth-order valence-electron chi connectivity index (χ4n) is 3.81. The Morgan fingerprint density at radius 2 is 1.75 bits per heavy atom. The Kier molecular flexibility index (Phi) is 9.72. The quantitative estimate of drug-likeness (QED) is 0.169. The first kappa shape index (κ1) is 27.9. The number of rotatable bonds is 10. The summed E-state index contributed by atoms with van der Waals surface area (Å²) in [6, 6.07) is 11.2. The highest BCUT2D eigenvalue weighted by molar-refractivity contribution is 14.1. The molecule has 0 aliphatic rings. The molecule has 2 amide bonds. The van der Waals surface area contributed by atoms with Crippen LogP contribution in [0.1, 0.15) is 52.8 Å². The highest BCUT2D eigenvalue weighted by Gasteiger charge is 2.26. The SMILES string of the molecule is C=CCn1c(SCC(=O)Nc2c(C)cc(I)cc2C)nnc1[C@H](NC(=O)c1ccc(C)cc1)C(C)C. The first-order valence-electron chi connectivity index (χ1n) is 11.7. The smallest absolute Gasteiger partial charge is 0.251 e. The molecular formula is C27H32IN5O2S. The Balaban J connectivity index is 1.76. The molecule has 3 aromatic rings. The van der Waals surface area contributed by atoms with Gasteiger partial charge in [0, 0.05) is 21.4 Å². The summed E-state index contributed by atoms with van der Waals surface area (Å²) in [5, 5.41) is 15.5. The van der Waals surface area contributed by atoms with Crippen molar-refractivity contribution in [3.05, 3.63) is 80.7 Å². The highest BCUT2D eigenvalue weighted by atomic mass is 127. The van der Waals surface area contributed by atoms with Crippen LogP contribution in [0.15, 0.2) is 54.2 Å². The molecule has 0 saturated heterocycles. The second-order valence-corrected chi connectivity index (χ2v) is 11.2. The first-order valence-corrected chi connectivity index (χ1v) is 13.8. The molecular weight excluding hydrogens is 585 g/mol.